The SMILES string of the molecule is CCOc1ccc(NC(=O)N[C@@H](C)Cc2ccoc2)cc1. The second kappa shape index (κ2) is 7.38. The Morgan fingerprint density at radius 2 is 2.05 bits per heavy atom. The summed E-state index contributed by atoms with van der Waals surface area (Å²) in [5.74, 6) is 0.789. The van der Waals surface area contributed by atoms with Crippen molar-refractivity contribution in [3.63, 3.8) is 0 Å². The number of hydrogen-bond acceptors (Lipinski definition) is 3. The topological polar surface area (TPSA) is 63.5 Å². The fraction of sp³-hybridized carbons (Fsp3) is 0.312. The van der Waals surface area contributed by atoms with Gasteiger partial charge in [-0.1, -0.05) is 0 Å². The summed E-state index contributed by atoms with van der Waals surface area (Å²) in [4.78, 5) is 11.9. The van der Waals surface area contributed by atoms with Crippen LogP contribution in [0.1, 0.15) is 19.4 Å². The highest BCUT2D eigenvalue weighted by atomic mass is 16.5. The smallest absolute Gasteiger partial charge is 0.319 e. The Kier molecular flexibility index (Phi) is 5.26. The van der Waals surface area contributed by atoms with E-state index in [0.29, 0.717) is 6.61 Å². The fourth-order valence-electron chi connectivity index (χ4n) is 2.01. The highest BCUT2D eigenvalue weighted by Crippen LogP contribution is 2.15. The molecule has 0 spiro atoms. The van der Waals surface area contributed by atoms with Crippen molar-refractivity contribution >= 4 is 11.7 Å². The molecule has 1 atom stereocenters. The van der Waals surface area contributed by atoms with Crippen LogP contribution in [0.2, 0.25) is 0 Å². The Morgan fingerprint density at radius 3 is 2.67 bits per heavy atom. The van der Waals surface area contributed by atoms with Crippen LogP contribution in [0.5, 0.6) is 5.75 Å². The number of furan rings is 1. The second-order valence-corrected chi connectivity index (χ2v) is 4.79. The van der Waals surface area contributed by atoms with Crippen LogP contribution >= 0.6 is 0 Å². The quantitative estimate of drug-likeness (QED) is 0.856. The summed E-state index contributed by atoms with van der Waals surface area (Å²) >= 11 is 0. The summed E-state index contributed by atoms with van der Waals surface area (Å²) in [6.45, 7) is 4.50. The van der Waals surface area contributed by atoms with Crippen molar-refractivity contribution in [3.05, 3.63) is 48.4 Å². The lowest BCUT2D eigenvalue weighted by molar-refractivity contribution is 0.249. The number of carbonyl (C=O) groups is 1. The molecular formula is C16H20N2O3. The molecule has 0 fully saturated rings. The minimum atomic E-state index is -0.227. The van der Waals surface area contributed by atoms with Gasteiger partial charge in [0, 0.05) is 11.7 Å². The van der Waals surface area contributed by atoms with Crippen LogP contribution < -0.4 is 15.4 Å². The van der Waals surface area contributed by atoms with Gasteiger partial charge in [-0.25, -0.2) is 4.79 Å². The normalized spacial score (nSPS) is 11.7. The molecule has 112 valence electrons. The average molecular weight is 288 g/mol. The van der Waals surface area contributed by atoms with Gasteiger partial charge in [-0.3, -0.25) is 0 Å². The molecule has 0 aliphatic rings. The zero-order valence-corrected chi connectivity index (χ0v) is 12.3. The summed E-state index contributed by atoms with van der Waals surface area (Å²) in [6.07, 6.45) is 4.04. The molecule has 21 heavy (non-hydrogen) atoms. The van der Waals surface area contributed by atoms with Crippen molar-refractivity contribution in [1.82, 2.24) is 5.32 Å². The standard InChI is InChI=1S/C16H20N2O3/c1-3-21-15-6-4-14(5-7-15)18-16(19)17-12(2)10-13-8-9-20-11-13/h4-9,11-12H,3,10H2,1-2H3,(H2,17,18,19)/t12-/m0/s1. The average Bonchev–Trinajstić information content (AvgIpc) is 2.93. The molecule has 5 heteroatoms. The molecule has 1 aromatic heterocycles. The summed E-state index contributed by atoms with van der Waals surface area (Å²) in [5.41, 5.74) is 1.79. The van der Waals surface area contributed by atoms with Crippen LogP contribution in [-0.4, -0.2) is 18.7 Å². The van der Waals surface area contributed by atoms with Gasteiger partial charge in [-0.05, 0) is 56.2 Å². The van der Waals surface area contributed by atoms with Gasteiger partial charge < -0.3 is 19.8 Å². The number of ether oxygens (including phenoxy) is 1. The first-order chi connectivity index (χ1) is 10.2. The molecule has 0 saturated heterocycles. The molecule has 0 bridgehead atoms. The largest absolute Gasteiger partial charge is 0.494 e. The maximum Gasteiger partial charge on any atom is 0.319 e. The van der Waals surface area contributed by atoms with Crippen molar-refractivity contribution in [2.75, 3.05) is 11.9 Å². The Balaban J connectivity index is 1.80. The van der Waals surface area contributed by atoms with Crippen LogP contribution in [-0.2, 0) is 6.42 Å². The summed E-state index contributed by atoms with van der Waals surface area (Å²) in [7, 11) is 0. The van der Waals surface area contributed by atoms with Gasteiger partial charge >= 0.3 is 6.03 Å². The molecule has 2 N–H and O–H groups in total. The predicted molar refractivity (Wildman–Crippen MR) is 81.6 cm³/mol. The lowest BCUT2D eigenvalue weighted by Crippen LogP contribution is -2.37. The van der Waals surface area contributed by atoms with Crippen molar-refractivity contribution < 1.29 is 13.9 Å². The first kappa shape index (κ1) is 15.0. The molecule has 0 radical (unpaired) electrons. The molecule has 1 aromatic carbocycles. The van der Waals surface area contributed by atoms with E-state index in [1.54, 1.807) is 12.5 Å². The minimum Gasteiger partial charge on any atom is -0.494 e. The third kappa shape index (κ3) is 4.87. The fourth-order valence-corrected chi connectivity index (χ4v) is 2.01. The Labute approximate surface area is 124 Å². The Hall–Kier alpha value is -2.43. The number of hydrogen-bond donors (Lipinski definition) is 2. The van der Waals surface area contributed by atoms with E-state index in [9.17, 15) is 4.79 Å². The van der Waals surface area contributed by atoms with Crippen molar-refractivity contribution in [2.45, 2.75) is 26.3 Å². The second-order valence-electron chi connectivity index (χ2n) is 4.79. The molecular weight excluding hydrogens is 268 g/mol. The van der Waals surface area contributed by atoms with Crippen LogP contribution in [0, 0.1) is 0 Å². The van der Waals surface area contributed by atoms with Crippen molar-refractivity contribution in [3.8, 4) is 5.75 Å². The van der Waals surface area contributed by atoms with E-state index in [1.807, 2.05) is 44.2 Å². The lowest BCUT2D eigenvalue weighted by atomic mass is 10.1. The summed E-state index contributed by atoms with van der Waals surface area (Å²) in [6, 6.07) is 8.96. The minimum absolute atomic E-state index is 0.0188. The first-order valence-electron chi connectivity index (χ1n) is 6.99. The van der Waals surface area contributed by atoms with E-state index in [-0.39, 0.29) is 12.1 Å². The van der Waals surface area contributed by atoms with E-state index in [2.05, 4.69) is 10.6 Å². The molecule has 2 aromatic rings. The molecule has 0 aliphatic carbocycles. The third-order valence-corrected chi connectivity index (χ3v) is 2.92. The maximum atomic E-state index is 11.9. The molecule has 2 rings (SSSR count). The monoisotopic (exact) mass is 288 g/mol. The Bertz CT molecular complexity index is 549. The zero-order valence-electron chi connectivity index (χ0n) is 12.3. The van der Waals surface area contributed by atoms with Gasteiger partial charge in [0.05, 0.1) is 19.1 Å². The van der Waals surface area contributed by atoms with Crippen LogP contribution in [0.3, 0.4) is 0 Å². The van der Waals surface area contributed by atoms with Gasteiger partial charge in [0.25, 0.3) is 0 Å². The van der Waals surface area contributed by atoms with Crippen molar-refractivity contribution in [1.29, 1.82) is 0 Å². The van der Waals surface area contributed by atoms with Gasteiger partial charge in [-0.2, -0.15) is 0 Å². The number of benzene rings is 1. The number of carbonyl (C=O) groups excluding carboxylic acids is 1. The number of rotatable bonds is 6. The molecule has 2 amide bonds. The molecule has 5 nitrogen and oxygen atoms in total. The van der Waals surface area contributed by atoms with Gasteiger partial charge in [0.2, 0.25) is 0 Å². The number of urea groups is 1. The summed E-state index contributed by atoms with van der Waals surface area (Å²) in [5, 5.41) is 5.68. The van der Waals surface area contributed by atoms with E-state index in [0.717, 1.165) is 23.4 Å². The highest BCUT2D eigenvalue weighted by Gasteiger charge is 2.09. The third-order valence-electron chi connectivity index (χ3n) is 2.92. The van der Waals surface area contributed by atoms with Crippen LogP contribution in [0.15, 0.2) is 47.3 Å². The molecule has 0 aliphatic heterocycles. The molecule has 1 heterocycles. The maximum absolute atomic E-state index is 11.9. The van der Waals surface area contributed by atoms with E-state index in [1.165, 1.54) is 0 Å². The number of amides is 2. The van der Waals surface area contributed by atoms with E-state index >= 15 is 0 Å². The number of nitrogens with one attached hydrogen (secondary N) is 2. The van der Waals surface area contributed by atoms with Crippen molar-refractivity contribution in [2.24, 2.45) is 0 Å². The lowest BCUT2D eigenvalue weighted by Gasteiger charge is -2.14. The van der Waals surface area contributed by atoms with Gasteiger partial charge in [0.1, 0.15) is 5.75 Å². The zero-order chi connectivity index (χ0) is 15.1. The van der Waals surface area contributed by atoms with Gasteiger partial charge in [-0.15, -0.1) is 0 Å². The van der Waals surface area contributed by atoms with Crippen LogP contribution in [0.4, 0.5) is 10.5 Å². The Morgan fingerprint density at radius 1 is 1.29 bits per heavy atom. The highest BCUT2D eigenvalue weighted by molar-refractivity contribution is 5.89. The predicted octanol–water partition coefficient (Wildman–Crippen LogP) is 3.43. The van der Waals surface area contributed by atoms with E-state index in [4.69, 9.17) is 9.15 Å². The molecule has 0 unspecified atom stereocenters. The van der Waals surface area contributed by atoms with Crippen LogP contribution in [0.25, 0.3) is 0 Å². The molecule has 0 saturated carbocycles. The van der Waals surface area contributed by atoms with Gasteiger partial charge in [0.15, 0.2) is 0 Å². The first-order valence-corrected chi connectivity index (χ1v) is 6.99. The number of anilines is 1. The summed E-state index contributed by atoms with van der Waals surface area (Å²) < 4.78 is 10.4. The van der Waals surface area contributed by atoms with E-state index < -0.39 is 0 Å².